The summed E-state index contributed by atoms with van der Waals surface area (Å²) in [6.07, 6.45) is 1.12. The van der Waals surface area contributed by atoms with Crippen LogP contribution in [0.1, 0.15) is 22.5 Å². The first-order valence-corrected chi connectivity index (χ1v) is 7.40. The predicted octanol–water partition coefficient (Wildman–Crippen LogP) is 1.95. The number of hydrogen-bond acceptors (Lipinski definition) is 3. The van der Waals surface area contributed by atoms with Gasteiger partial charge in [-0.3, -0.25) is 9.48 Å². The molecule has 5 nitrogen and oxygen atoms in total. The number of hydrogen-bond donors (Lipinski definition) is 1. The van der Waals surface area contributed by atoms with Crippen LogP contribution in [0, 0.1) is 13.8 Å². The monoisotopic (exact) mass is 301 g/mol. The molecule has 0 atom stereocenters. The Balaban J connectivity index is 1.88. The van der Waals surface area contributed by atoms with Crippen molar-refractivity contribution >= 4 is 5.91 Å². The number of carbonyl (C=O) groups is 1. The predicted molar refractivity (Wildman–Crippen MR) is 86.1 cm³/mol. The SMILES string of the molecule is COc1ccccc1CCNC(=O)Cc1c(C)nn(C)c1C. The molecule has 0 saturated carbocycles. The first-order valence-electron chi connectivity index (χ1n) is 7.40. The third kappa shape index (κ3) is 3.67. The van der Waals surface area contributed by atoms with Gasteiger partial charge in [0, 0.05) is 24.8 Å². The van der Waals surface area contributed by atoms with Crippen LogP contribution in [0.4, 0.5) is 0 Å². The van der Waals surface area contributed by atoms with E-state index in [0.29, 0.717) is 13.0 Å². The van der Waals surface area contributed by atoms with Crippen LogP contribution in [0.15, 0.2) is 24.3 Å². The molecule has 0 aliphatic rings. The van der Waals surface area contributed by atoms with E-state index in [1.165, 1.54) is 0 Å². The molecule has 0 fully saturated rings. The Morgan fingerprint density at radius 2 is 2.05 bits per heavy atom. The van der Waals surface area contributed by atoms with E-state index in [1.807, 2.05) is 49.8 Å². The highest BCUT2D eigenvalue weighted by Gasteiger charge is 2.13. The number of benzene rings is 1. The number of ether oxygens (including phenoxy) is 1. The highest BCUT2D eigenvalue weighted by Crippen LogP contribution is 2.17. The van der Waals surface area contributed by atoms with Crippen molar-refractivity contribution in [3.8, 4) is 5.75 Å². The Labute approximate surface area is 131 Å². The molecule has 0 aliphatic carbocycles. The number of carbonyl (C=O) groups excluding carboxylic acids is 1. The van der Waals surface area contributed by atoms with Crippen LogP contribution in [0.3, 0.4) is 0 Å². The first-order chi connectivity index (χ1) is 10.5. The smallest absolute Gasteiger partial charge is 0.224 e. The summed E-state index contributed by atoms with van der Waals surface area (Å²) in [5.74, 6) is 0.879. The summed E-state index contributed by atoms with van der Waals surface area (Å²) in [5, 5.41) is 7.30. The molecule has 1 N–H and O–H groups in total. The molecule has 2 aromatic rings. The van der Waals surface area contributed by atoms with Crippen LogP contribution < -0.4 is 10.1 Å². The number of nitrogens with one attached hydrogen (secondary N) is 1. The van der Waals surface area contributed by atoms with E-state index in [9.17, 15) is 4.79 Å². The van der Waals surface area contributed by atoms with Gasteiger partial charge < -0.3 is 10.1 Å². The van der Waals surface area contributed by atoms with Crippen LogP contribution >= 0.6 is 0 Å². The van der Waals surface area contributed by atoms with Crippen molar-refractivity contribution in [2.75, 3.05) is 13.7 Å². The molecular formula is C17H23N3O2. The summed E-state index contributed by atoms with van der Waals surface area (Å²) in [7, 11) is 3.55. The fourth-order valence-electron chi connectivity index (χ4n) is 2.54. The minimum atomic E-state index is 0.0223. The summed E-state index contributed by atoms with van der Waals surface area (Å²) in [6.45, 7) is 4.51. The Morgan fingerprint density at radius 1 is 1.32 bits per heavy atom. The molecule has 0 radical (unpaired) electrons. The van der Waals surface area contributed by atoms with Gasteiger partial charge in [-0.15, -0.1) is 0 Å². The molecule has 1 amide bonds. The molecular weight excluding hydrogens is 278 g/mol. The molecule has 0 aliphatic heterocycles. The molecule has 1 aromatic carbocycles. The van der Waals surface area contributed by atoms with Crippen molar-refractivity contribution in [1.29, 1.82) is 0 Å². The maximum absolute atomic E-state index is 12.1. The normalized spacial score (nSPS) is 10.5. The Morgan fingerprint density at radius 3 is 2.68 bits per heavy atom. The first kappa shape index (κ1) is 16.1. The van der Waals surface area contributed by atoms with Gasteiger partial charge in [-0.1, -0.05) is 18.2 Å². The standard InChI is InChI=1S/C17H23N3O2/c1-12-15(13(2)20(3)19-12)11-17(21)18-10-9-14-7-5-6-8-16(14)22-4/h5-8H,9-11H2,1-4H3,(H,18,21). The number of nitrogens with zero attached hydrogens (tertiary/aromatic N) is 2. The van der Waals surface area contributed by atoms with E-state index in [0.717, 1.165) is 34.7 Å². The van der Waals surface area contributed by atoms with Crippen molar-refractivity contribution in [2.24, 2.45) is 7.05 Å². The topological polar surface area (TPSA) is 56.1 Å². The van der Waals surface area contributed by atoms with E-state index in [4.69, 9.17) is 4.74 Å². The van der Waals surface area contributed by atoms with Crippen LogP contribution in [-0.4, -0.2) is 29.3 Å². The second kappa shape index (κ2) is 7.11. The van der Waals surface area contributed by atoms with E-state index in [2.05, 4.69) is 10.4 Å². The highest BCUT2D eigenvalue weighted by molar-refractivity contribution is 5.79. The van der Waals surface area contributed by atoms with Gasteiger partial charge >= 0.3 is 0 Å². The van der Waals surface area contributed by atoms with Crippen molar-refractivity contribution in [3.05, 3.63) is 46.8 Å². The van der Waals surface area contributed by atoms with Crippen LogP contribution in [-0.2, 0) is 24.7 Å². The van der Waals surface area contributed by atoms with Crippen molar-refractivity contribution in [2.45, 2.75) is 26.7 Å². The summed E-state index contributed by atoms with van der Waals surface area (Å²) in [4.78, 5) is 12.1. The molecule has 1 heterocycles. The van der Waals surface area contributed by atoms with Crippen LogP contribution in [0.2, 0.25) is 0 Å². The zero-order chi connectivity index (χ0) is 16.1. The molecule has 0 saturated heterocycles. The lowest BCUT2D eigenvalue weighted by Crippen LogP contribution is -2.27. The second-order valence-corrected chi connectivity index (χ2v) is 5.36. The lowest BCUT2D eigenvalue weighted by Gasteiger charge is -2.09. The maximum Gasteiger partial charge on any atom is 0.224 e. The second-order valence-electron chi connectivity index (χ2n) is 5.36. The van der Waals surface area contributed by atoms with E-state index in [1.54, 1.807) is 7.11 Å². The van der Waals surface area contributed by atoms with Gasteiger partial charge in [0.2, 0.25) is 5.91 Å². The third-order valence-corrected chi connectivity index (χ3v) is 3.91. The van der Waals surface area contributed by atoms with Crippen LogP contribution in [0.25, 0.3) is 0 Å². The van der Waals surface area contributed by atoms with Gasteiger partial charge in [0.25, 0.3) is 0 Å². The number of para-hydroxylation sites is 1. The third-order valence-electron chi connectivity index (χ3n) is 3.91. The van der Waals surface area contributed by atoms with Crippen LogP contribution in [0.5, 0.6) is 5.75 Å². The Bertz CT molecular complexity index is 662. The average Bonchev–Trinajstić information content (AvgIpc) is 2.74. The van der Waals surface area contributed by atoms with E-state index in [-0.39, 0.29) is 5.91 Å². The number of aryl methyl sites for hydroxylation is 2. The zero-order valence-corrected chi connectivity index (χ0v) is 13.6. The summed E-state index contributed by atoms with van der Waals surface area (Å²) in [6, 6.07) is 7.86. The molecule has 0 unspecified atom stereocenters. The van der Waals surface area contributed by atoms with Gasteiger partial charge in [0.1, 0.15) is 5.75 Å². The Kier molecular flexibility index (Phi) is 5.20. The van der Waals surface area contributed by atoms with Gasteiger partial charge in [-0.25, -0.2) is 0 Å². The maximum atomic E-state index is 12.1. The molecule has 22 heavy (non-hydrogen) atoms. The average molecular weight is 301 g/mol. The highest BCUT2D eigenvalue weighted by atomic mass is 16.5. The molecule has 2 rings (SSSR count). The fourth-order valence-corrected chi connectivity index (χ4v) is 2.54. The number of methoxy groups -OCH3 is 1. The fraction of sp³-hybridized carbons (Fsp3) is 0.412. The summed E-state index contributed by atoms with van der Waals surface area (Å²) >= 11 is 0. The number of rotatable bonds is 6. The molecule has 0 spiro atoms. The minimum Gasteiger partial charge on any atom is -0.496 e. The summed E-state index contributed by atoms with van der Waals surface area (Å²) in [5.41, 5.74) is 4.06. The van der Waals surface area contributed by atoms with Crippen molar-refractivity contribution in [1.82, 2.24) is 15.1 Å². The molecule has 118 valence electrons. The molecule has 1 aromatic heterocycles. The Hall–Kier alpha value is -2.30. The largest absolute Gasteiger partial charge is 0.496 e. The van der Waals surface area contributed by atoms with Gasteiger partial charge in [-0.05, 0) is 31.9 Å². The molecule has 0 bridgehead atoms. The van der Waals surface area contributed by atoms with E-state index < -0.39 is 0 Å². The molecule has 5 heteroatoms. The number of amides is 1. The minimum absolute atomic E-state index is 0.0223. The van der Waals surface area contributed by atoms with Crippen molar-refractivity contribution in [3.63, 3.8) is 0 Å². The van der Waals surface area contributed by atoms with E-state index >= 15 is 0 Å². The van der Waals surface area contributed by atoms with Gasteiger partial charge in [-0.2, -0.15) is 5.10 Å². The summed E-state index contributed by atoms with van der Waals surface area (Å²) < 4.78 is 7.12. The number of aromatic nitrogens is 2. The quantitative estimate of drug-likeness (QED) is 0.887. The zero-order valence-electron chi connectivity index (χ0n) is 13.6. The van der Waals surface area contributed by atoms with Crippen molar-refractivity contribution < 1.29 is 9.53 Å². The van der Waals surface area contributed by atoms with Gasteiger partial charge in [0.15, 0.2) is 0 Å². The van der Waals surface area contributed by atoms with Gasteiger partial charge in [0.05, 0.1) is 19.2 Å². The lowest BCUT2D eigenvalue weighted by molar-refractivity contribution is -0.120. The lowest BCUT2D eigenvalue weighted by atomic mass is 10.1.